The second kappa shape index (κ2) is 4.63. The summed E-state index contributed by atoms with van der Waals surface area (Å²) < 4.78 is 4.55. The highest BCUT2D eigenvalue weighted by Gasteiger charge is 2.25. The molecule has 0 bridgehead atoms. The molecule has 1 unspecified atom stereocenters. The molecule has 16 heavy (non-hydrogen) atoms. The summed E-state index contributed by atoms with van der Waals surface area (Å²) in [5.74, 6) is -0.427. The standard InChI is InChI=1S/C12H16O4/c1-12(2,15)10(13)8-4-6-9(7-5-8)11(14)16-3/h4-7,10,13,15H,1-3H3. The van der Waals surface area contributed by atoms with Gasteiger partial charge >= 0.3 is 5.97 Å². The van der Waals surface area contributed by atoms with Crippen molar-refractivity contribution < 1.29 is 19.7 Å². The minimum absolute atomic E-state index is 0.411. The van der Waals surface area contributed by atoms with Crippen LogP contribution in [0.2, 0.25) is 0 Å². The van der Waals surface area contributed by atoms with E-state index in [4.69, 9.17) is 0 Å². The lowest BCUT2D eigenvalue weighted by atomic mass is 9.94. The van der Waals surface area contributed by atoms with E-state index in [1.54, 1.807) is 24.3 Å². The predicted octanol–water partition coefficient (Wildman–Crippen LogP) is 1.28. The Morgan fingerprint density at radius 2 is 1.81 bits per heavy atom. The van der Waals surface area contributed by atoms with Gasteiger partial charge in [0.25, 0.3) is 0 Å². The molecule has 0 heterocycles. The van der Waals surface area contributed by atoms with Crippen molar-refractivity contribution in [2.75, 3.05) is 7.11 Å². The van der Waals surface area contributed by atoms with Crippen LogP contribution in [-0.4, -0.2) is 28.9 Å². The summed E-state index contributed by atoms with van der Waals surface area (Å²) in [6.45, 7) is 3.04. The summed E-state index contributed by atoms with van der Waals surface area (Å²) in [4.78, 5) is 11.2. The SMILES string of the molecule is COC(=O)c1ccc(C(O)C(C)(C)O)cc1. The second-order valence-electron chi connectivity index (χ2n) is 4.17. The third kappa shape index (κ3) is 2.81. The third-order valence-electron chi connectivity index (χ3n) is 2.32. The molecule has 4 heteroatoms. The maximum Gasteiger partial charge on any atom is 0.337 e. The zero-order valence-corrected chi connectivity index (χ0v) is 9.60. The molecular formula is C12H16O4. The van der Waals surface area contributed by atoms with Crippen molar-refractivity contribution in [3.05, 3.63) is 35.4 Å². The van der Waals surface area contributed by atoms with Gasteiger partial charge in [0.1, 0.15) is 6.10 Å². The number of aliphatic hydroxyl groups excluding tert-OH is 1. The highest BCUT2D eigenvalue weighted by molar-refractivity contribution is 5.89. The molecule has 0 spiro atoms. The highest BCUT2D eigenvalue weighted by atomic mass is 16.5. The average molecular weight is 224 g/mol. The van der Waals surface area contributed by atoms with Gasteiger partial charge in [0.15, 0.2) is 0 Å². The molecule has 0 aromatic heterocycles. The summed E-state index contributed by atoms with van der Waals surface area (Å²) in [6, 6.07) is 6.29. The van der Waals surface area contributed by atoms with Crippen LogP contribution in [0.1, 0.15) is 35.9 Å². The molecule has 1 aromatic rings. The average Bonchev–Trinajstić information content (AvgIpc) is 2.26. The molecule has 88 valence electrons. The Morgan fingerprint density at radius 1 is 1.31 bits per heavy atom. The van der Waals surface area contributed by atoms with Crippen LogP contribution >= 0.6 is 0 Å². The zero-order chi connectivity index (χ0) is 12.3. The van der Waals surface area contributed by atoms with Gasteiger partial charge in [-0.3, -0.25) is 0 Å². The predicted molar refractivity (Wildman–Crippen MR) is 59.0 cm³/mol. The first-order valence-corrected chi connectivity index (χ1v) is 4.95. The van der Waals surface area contributed by atoms with E-state index in [0.29, 0.717) is 11.1 Å². The molecular weight excluding hydrogens is 208 g/mol. The molecule has 1 aromatic carbocycles. The van der Waals surface area contributed by atoms with Crippen LogP contribution in [0.15, 0.2) is 24.3 Å². The normalized spacial score (nSPS) is 13.3. The fourth-order valence-corrected chi connectivity index (χ4v) is 1.33. The number of hydrogen-bond donors (Lipinski definition) is 2. The molecule has 0 amide bonds. The molecule has 0 aliphatic heterocycles. The molecule has 0 aliphatic rings. The van der Waals surface area contributed by atoms with Gasteiger partial charge in [0, 0.05) is 0 Å². The summed E-state index contributed by atoms with van der Waals surface area (Å²) in [5, 5.41) is 19.4. The minimum atomic E-state index is -1.22. The van der Waals surface area contributed by atoms with Crippen molar-refractivity contribution in [3.63, 3.8) is 0 Å². The second-order valence-corrected chi connectivity index (χ2v) is 4.17. The Labute approximate surface area is 94.5 Å². The van der Waals surface area contributed by atoms with Crippen LogP contribution in [0.5, 0.6) is 0 Å². The van der Waals surface area contributed by atoms with Crippen molar-refractivity contribution in [2.45, 2.75) is 25.6 Å². The molecule has 1 rings (SSSR count). The van der Waals surface area contributed by atoms with Gasteiger partial charge in [0.05, 0.1) is 18.3 Å². The van der Waals surface area contributed by atoms with Crippen molar-refractivity contribution >= 4 is 5.97 Å². The number of carbonyl (C=O) groups is 1. The van der Waals surface area contributed by atoms with Crippen LogP contribution in [0.3, 0.4) is 0 Å². The number of esters is 1. The maximum atomic E-state index is 11.2. The number of rotatable bonds is 3. The Hall–Kier alpha value is -1.39. The Balaban J connectivity index is 2.91. The van der Waals surface area contributed by atoms with Gasteiger partial charge < -0.3 is 14.9 Å². The Morgan fingerprint density at radius 3 is 2.19 bits per heavy atom. The highest BCUT2D eigenvalue weighted by Crippen LogP contribution is 2.25. The Bertz CT molecular complexity index is 362. The molecule has 0 radical (unpaired) electrons. The summed E-state index contributed by atoms with van der Waals surface area (Å²) >= 11 is 0. The number of hydrogen-bond acceptors (Lipinski definition) is 4. The molecule has 2 N–H and O–H groups in total. The van der Waals surface area contributed by atoms with Crippen LogP contribution in [0.4, 0.5) is 0 Å². The molecule has 1 atom stereocenters. The van der Waals surface area contributed by atoms with Gasteiger partial charge in [-0.1, -0.05) is 12.1 Å². The lowest BCUT2D eigenvalue weighted by molar-refractivity contribution is -0.0496. The van der Waals surface area contributed by atoms with E-state index < -0.39 is 17.7 Å². The minimum Gasteiger partial charge on any atom is -0.465 e. The van der Waals surface area contributed by atoms with E-state index in [2.05, 4.69) is 4.74 Å². The van der Waals surface area contributed by atoms with Gasteiger partial charge in [0.2, 0.25) is 0 Å². The van der Waals surface area contributed by atoms with Crippen molar-refractivity contribution in [3.8, 4) is 0 Å². The number of benzene rings is 1. The van der Waals surface area contributed by atoms with Crippen molar-refractivity contribution in [1.82, 2.24) is 0 Å². The van der Waals surface area contributed by atoms with E-state index in [1.807, 2.05) is 0 Å². The fraction of sp³-hybridized carbons (Fsp3) is 0.417. The zero-order valence-electron chi connectivity index (χ0n) is 9.60. The van der Waals surface area contributed by atoms with Crippen LogP contribution in [-0.2, 0) is 4.74 Å². The first-order valence-electron chi connectivity index (χ1n) is 4.95. The quantitative estimate of drug-likeness (QED) is 0.759. The maximum absolute atomic E-state index is 11.2. The molecule has 4 nitrogen and oxygen atoms in total. The smallest absolute Gasteiger partial charge is 0.337 e. The molecule has 0 saturated heterocycles. The summed E-state index contributed by atoms with van der Waals surface area (Å²) in [6.07, 6.45) is -0.987. The number of ether oxygens (including phenoxy) is 1. The lowest BCUT2D eigenvalue weighted by Gasteiger charge is -2.24. The van der Waals surface area contributed by atoms with Crippen LogP contribution in [0.25, 0.3) is 0 Å². The molecule has 0 fully saturated rings. The van der Waals surface area contributed by atoms with Crippen molar-refractivity contribution in [2.24, 2.45) is 0 Å². The van der Waals surface area contributed by atoms with E-state index in [1.165, 1.54) is 21.0 Å². The van der Waals surface area contributed by atoms with Gasteiger partial charge in [-0.2, -0.15) is 0 Å². The number of carbonyl (C=O) groups excluding carboxylic acids is 1. The molecule has 0 saturated carbocycles. The van der Waals surface area contributed by atoms with Crippen molar-refractivity contribution in [1.29, 1.82) is 0 Å². The summed E-state index contributed by atoms with van der Waals surface area (Å²) in [5.41, 5.74) is -0.249. The Kier molecular flexibility index (Phi) is 3.67. The lowest BCUT2D eigenvalue weighted by Crippen LogP contribution is -2.28. The number of aliphatic hydroxyl groups is 2. The van der Waals surface area contributed by atoms with E-state index in [-0.39, 0.29) is 0 Å². The fourth-order valence-electron chi connectivity index (χ4n) is 1.33. The topological polar surface area (TPSA) is 66.8 Å². The number of methoxy groups -OCH3 is 1. The van der Waals surface area contributed by atoms with E-state index >= 15 is 0 Å². The van der Waals surface area contributed by atoms with E-state index in [9.17, 15) is 15.0 Å². The first-order chi connectivity index (χ1) is 7.36. The third-order valence-corrected chi connectivity index (χ3v) is 2.32. The van der Waals surface area contributed by atoms with E-state index in [0.717, 1.165) is 0 Å². The van der Waals surface area contributed by atoms with Gasteiger partial charge in [-0.15, -0.1) is 0 Å². The first kappa shape index (κ1) is 12.7. The monoisotopic (exact) mass is 224 g/mol. The molecule has 0 aliphatic carbocycles. The van der Waals surface area contributed by atoms with Gasteiger partial charge in [-0.25, -0.2) is 4.79 Å². The van der Waals surface area contributed by atoms with Crippen LogP contribution < -0.4 is 0 Å². The largest absolute Gasteiger partial charge is 0.465 e. The van der Waals surface area contributed by atoms with Gasteiger partial charge in [-0.05, 0) is 31.5 Å². The summed E-state index contributed by atoms with van der Waals surface area (Å²) in [7, 11) is 1.31. The van der Waals surface area contributed by atoms with Crippen LogP contribution in [0, 0.1) is 0 Å².